The number of hydrogen-bond acceptors (Lipinski definition) is 7. The zero-order valence-corrected chi connectivity index (χ0v) is 21.4. The average molecular weight is 531 g/mol. The van der Waals surface area contributed by atoms with E-state index in [9.17, 15) is 18.8 Å². The number of aryl methyl sites for hydroxylation is 1. The zero-order valence-electron chi connectivity index (χ0n) is 21.4. The number of hydrogen-bond donors (Lipinski definition) is 3. The molecule has 4 aromatic rings. The van der Waals surface area contributed by atoms with Crippen LogP contribution in [0.15, 0.2) is 49.1 Å². The molecular weight excluding hydrogens is 503 g/mol. The molecule has 1 fully saturated rings. The molecule has 3 aromatic heterocycles. The Hall–Kier alpha value is -4.71. The molecule has 4 heterocycles. The van der Waals surface area contributed by atoms with Crippen LogP contribution in [-0.4, -0.2) is 61.3 Å². The minimum absolute atomic E-state index is 0.139. The predicted octanol–water partition coefficient (Wildman–Crippen LogP) is 3.01. The number of primary amides is 1. The van der Waals surface area contributed by atoms with E-state index in [0.29, 0.717) is 46.4 Å². The van der Waals surface area contributed by atoms with Crippen molar-refractivity contribution in [1.82, 2.24) is 24.5 Å². The number of likely N-dealkylation sites (tertiary alicyclic amines) is 1. The fourth-order valence-corrected chi connectivity index (χ4v) is 4.61. The summed E-state index contributed by atoms with van der Waals surface area (Å²) >= 11 is 0. The summed E-state index contributed by atoms with van der Waals surface area (Å²) in [5.41, 5.74) is 7.95. The third-order valence-corrected chi connectivity index (χ3v) is 6.84. The van der Waals surface area contributed by atoms with E-state index in [4.69, 9.17) is 5.73 Å². The minimum Gasteiger partial charge on any atom is -0.366 e. The van der Waals surface area contributed by atoms with Crippen molar-refractivity contribution in [3.8, 4) is 11.3 Å². The van der Waals surface area contributed by atoms with Crippen LogP contribution in [0.3, 0.4) is 0 Å². The molecule has 3 amide bonds. The highest BCUT2D eigenvalue weighted by Gasteiger charge is 2.22. The fourth-order valence-electron chi connectivity index (χ4n) is 4.61. The smallest absolute Gasteiger partial charge is 0.259 e. The van der Waals surface area contributed by atoms with Crippen LogP contribution in [0.4, 0.5) is 15.8 Å². The number of anilines is 2. The van der Waals surface area contributed by atoms with Gasteiger partial charge in [0.05, 0.1) is 70.7 Å². The summed E-state index contributed by atoms with van der Waals surface area (Å²) in [7, 11) is 0. The van der Waals surface area contributed by atoms with E-state index >= 15 is 0 Å². The second-order valence-corrected chi connectivity index (χ2v) is 9.54. The van der Waals surface area contributed by atoms with Gasteiger partial charge in [0.25, 0.3) is 11.8 Å². The van der Waals surface area contributed by atoms with Crippen molar-refractivity contribution in [2.24, 2.45) is 5.73 Å². The van der Waals surface area contributed by atoms with Gasteiger partial charge in [-0.25, -0.2) is 8.91 Å². The van der Waals surface area contributed by atoms with Crippen LogP contribution < -0.4 is 16.4 Å². The largest absolute Gasteiger partial charge is 0.366 e. The maximum Gasteiger partial charge on any atom is 0.259 e. The van der Waals surface area contributed by atoms with Crippen molar-refractivity contribution < 1.29 is 18.8 Å². The first-order valence-electron chi connectivity index (χ1n) is 12.4. The van der Waals surface area contributed by atoms with E-state index in [0.717, 1.165) is 19.4 Å². The van der Waals surface area contributed by atoms with Crippen molar-refractivity contribution >= 4 is 34.6 Å². The summed E-state index contributed by atoms with van der Waals surface area (Å²) in [6.07, 6.45) is 8.12. The number of carbonyl (C=O) groups is 3. The van der Waals surface area contributed by atoms with Crippen molar-refractivity contribution in [2.45, 2.75) is 32.7 Å². The van der Waals surface area contributed by atoms with E-state index in [1.165, 1.54) is 35.1 Å². The highest BCUT2D eigenvalue weighted by molar-refractivity contribution is 6.09. The van der Waals surface area contributed by atoms with Gasteiger partial charge < -0.3 is 16.4 Å². The topological polar surface area (TPSA) is 148 Å². The first kappa shape index (κ1) is 25.9. The third-order valence-electron chi connectivity index (χ3n) is 6.84. The molecule has 200 valence electrons. The lowest BCUT2D eigenvalue weighted by molar-refractivity contribution is -0.117. The molecule has 12 heteroatoms. The van der Waals surface area contributed by atoms with Gasteiger partial charge in [-0.15, -0.1) is 0 Å². The SMILES string of the molecule is Cc1ncc(NC(=O)CN2CCC[C@@H]2C)cc1NC(=O)c1cnn2cc(-c3ccc(C(N)=O)c(F)c3)ncc12. The number of benzene rings is 1. The lowest BCUT2D eigenvalue weighted by Crippen LogP contribution is -2.35. The predicted molar refractivity (Wildman–Crippen MR) is 143 cm³/mol. The number of carbonyl (C=O) groups excluding carboxylic acids is 3. The number of aromatic nitrogens is 4. The lowest BCUT2D eigenvalue weighted by atomic mass is 10.1. The molecule has 5 rings (SSSR count). The third kappa shape index (κ3) is 5.46. The van der Waals surface area contributed by atoms with E-state index < -0.39 is 17.6 Å². The van der Waals surface area contributed by atoms with E-state index in [1.807, 2.05) is 0 Å². The quantitative estimate of drug-likeness (QED) is 0.333. The molecule has 1 atom stereocenters. The molecule has 0 aliphatic carbocycles. The summed E-state index contributed by atoms with van der Waals surface area (Å²) in [5, 5.41) is 9.93. The number of nitrogens with one attached hydrogen (secondary N) is 2. The molecule has 0 bridgehead atoms. The van der Waals surface area contributed by atoms with Crippen molar-refractivity contribution in [3.05, 3.63) is 71.7 Å². The molecule has 11 nitrogen and oxygen atoms in total. The lowest BCUT2D eigenvalue weighted by Gasteiger charge is -2.20. The van der Waals surface area contributed by atoms with Crippen LogP contribution in [0.25, 0.3) is 16.8 Å². The highest BCUT2D eigenvalue weighted by atomic mass is 19.1. The normalized spacial score (nSPS) is 15.4. The number of nitrogens with two attached hydrogens (primary N) is 1. The molecule has 0 spiro atoms. The van der Waals surface area contributed by atoms with Crippen LogP contribution in [0.2, 0.25) is 0 Å². The molecule has 39 heavy (non-hydrogen) atoms. The van der Waals surface area contributed by atoms with E-state index in [-0.39, 0.29) is 17.0 Å². The molecular formula is C27H27FN8O3. The molecule has 1 saturated heterocycles. The van der Waals surface area contributed by atoms with Gasteiger partial charge >= 0.3 is 0 Å². The molecule has 4 N–H and O–H groups in total. The molecule has 1 aliphatic heterocycles. The van der Waals surface area contributed by atoms with Crippen LogP contribution >= 0.6 is 0 Å². The van der Waals surface area contributed by atoms with Crippen LogP contribution in [0.1, 0.15) is 46.2 Å². The Labute approximate surface area is 223 Å². The Morgan fingerprint density at radius 1 is 1.10 bits per heavy atom. The maximum absolute atomic E-state index is 14.2. The molecule has 1 aromatic carbocycles. The van der Waals surface area contributed by atoms with Crippen LogP contribution in [0.5, 0.6) is 0 Å². The molecule has 0 unspecified atom stereocenters. The number of halogens is 1. The Kier molecular flexibility index (Phi) is 7.03. The Morgan fingerprint density at radius 2 is 1.92 bits per heavy atom. The van der Waals surface area contributed by atoms with E-state index in [1.54, 1.807) is 25.4 Å². The fraction of sp³-hybridized carbons (Fsp3) is 0.259. The van der Waals surface area contributed by atoms with Gasteiger partial charge in [-0.05, 0) is 51.4 Å². The number of nitrogens with zero attached hydrogens (tertiary/aromatic N) is 5. The summed E-state index contributed by atoms with van der Waals surface area (Å²) < 4.78 is 15.7. The van der Waals surface area contributed by atoms with Crippen molar-refractivity contribution in [1.29, 1.82) is 0 Å². The van der Waals surface area contributed by atoms with Gasteiger partial charge in [0.1, 0.15) is 5.82 Å². The standard InChI is InChI=1S/C27H27FN8O3/c1-15-4-3-7-35(15)14-25(37)33-18-9-22(16(2)30-10-18)34-27(39)20-11-32-36-13-23(31-12-24(20)36)17-5-6-19(26(29)38)21(28)8-17/h5-6,8-13,15H,3-4,7,14H2,1-2H3,(H2,29,38)(H,33,37)(H,34,39)/t15-/m0/s1. The zero-order chi connectivity index (χ0) is 27.7. The first-order valence-corrected chi connectivity index (χ1v) is 12.4. The summed E-state index contributed by atoms with van der Waals surface area (Å²) in [6, 6.07) is 6.03. The van der Waals surface area contributed by atoms with Crippen molar-refractivity contribution in [2.75, 3.05) is 23.7 Å². The maximum atomic E-state index is 14.2. The molecule has 0 radical (unpaired) electrons. The Morgan fingerprint density at radius 3 is 2.64 bits per heavy atom. The molecule has 0 saturated carbocycles. The van der Waals surface area contributed by atoms with Gasteiger partial charge in [-0.1, -0.05) is 6.07 Å². The van der Waals surface area contributed by atoms with Crippen LogP contribution in [-0.2, 0) is 4.79 Å². The van der Waals surface area contributed by atoms with Crippen molar-refractivity contribution in [3.63, 3.8) is 0 Å². The monoisotopic (exact) mass is 530 g/mol. The number of fused-ring (bicyclic) bond motifs is 1. The highest BCUT2D eigenvalue weighted by Crippen LogP contribution is 2.23. The average Bonchev–Trinajstić information content (AvgIpc) is 3.51. The summed E-state index contributed by atoms with van der Waals surface area (Å²) in [6.45, 7) is 5.06. The van der Waals surface area contributed by atoms with Gasteiger partial charge in [-0.2, -0.15) is 5.10 Å². The van der Waals surface area contributed by atoms with Gasteiger partial charge in [0.15, 0.2) is 0 Å². The second-order valence-electron chi connectivity index (χ2n) is 9.54. The van der Waals surface area contributed by atoms with E-state index in [2.05, 4.69) is 37.5 Å². The number of pyridine rings is 1. The first-order chi connectivity index (χ1) is 18.7. The Bertz CT molecular complexity index is 1600. The second kappa shape index (κ2) is 10.6. The number of amides is 3. The van der Waals surface area contributed by atoms with Crippen LogP contribution in [0, 0.1) is 12.7 Å². The Balaban J connectivity index is 1.31. The van der Waals surface area contributed by atoms with Gasteiger partial charge in [0, 0.05) is 11.6 Å². The van der Waals surface area contributed by atoms with Gasteiger partial charge in [0.2, 0.25) is 5.91 Å². The minimum atomic E-state index is -0.861. The van der Waals surface area contributed by atoms with Gasteiger partial charge in [-0.3, -0.25) is 29.3 Å². The molecule has 1 aliphatic rings. The summed E-state index contributed by atoms with van der Waals surface area (Å²) in [5.74, 6) is -2.19. The number of rotatable bonds is 7. The summed E-state index contributed by atoms with van der Waals surface area (Å²) in [4.78, 5) is 47.7.